The van der Waals surface area contributed by atoms with Crippen LogP contribution in [0.25, 0.3) is 0 Å². The molecule has 2 aromatic carbocycles. The van der Waals surface area contributed by atoms with Gasteiger partial charge in [-0.3, -0.25) is 0 Å². The normalized spacial score (nSPS) is 10.1. The molecule has 0 bridgehead atoms. The third-order valence-electron chi connectivity index (χ3n) is 2.56. The van der Waals surface area contributed by atoms with Crippen LogP contribution >= 0.6 is 0 Å². The third-order valence-corrected chi connectivity index (χ3v) is 2.56. The van der Waals surface area contributed by atoms with Gasteiger partial charge in [0, 0.05) is 18.8 Å². The zero-order valence-corrected chi connectivity index (χ0v) is 10.3. The molecule has 2 aromatic rings. The van der Waals surface area contributed by atoms with Crippen LogP contribution in [0.2, 0.25) is 0 Å². The number of nitrogens with one attached hydrogen (secondary N) is 1. The van der Waals surface area contributed by atoms with Gasteiger partial charge in [0.25, 0.3) is 0 Å². The topological polar surface area (TPSA) is 47.3 Å². The second kappa shape index (κ2) is 6.67. The van der Waals surface area contributed by atoms with Crippen LogP contribution < -0.4 is 15.8 Å². The molecule has 0 saturated carbocycles. The standard InChI is InChI=1S/C15H18N2O/c16-9-10-18-15-8-4-5-13(11-15)12-17-14-6-2-1-3-7-14/h1-8,11,17H,9-10,12,16H2. The van der Waals surface area contributed by atoms with E-state index in [1.165, 1.54) is 5.56 Å². The van der Waals surface area contributed by atoms with Gasteiger partial charge in [-0.25, -0.2) is 0 Å². The molecule has 94 valence electrons. The average Bonchev–Trinajstić information content (AvgIpc) is 2.44. The lowest BCUT2D eigenvalue weighted by Crippen LogP contribution is -2.10. The number of ether oxygens (including phenoxy) is 1. The predicted octanol–water partition coefficient (Wildman–Crippen LogP) is 2.64. The molecule has 0 unspecified atom stereocenters. The Morgan fingerprint density at radius 1 is 1.00 bits per heavy atom. The summed E-state index contributed by atoms with van der Waals surface area (Å²) in [7, 11) is 0. The van der Waals surface area contributed by atoms with E-state index in [-0.39, 0.29) is 0 Å². The van der Waals surface area contributed by atoms with E-state index in [0.717, 1.165) is 18.0 Å². The molecule has 3 N–H and O–H groups in total. The fraction of sp³-hybridized carbons (Fsp3) is 0.200. The van der Waals surface area contributed by atoms with Gasteiger partial charge in [0.05, 0.1) is 0 Å². The molecule has 0 aromatic heterocycles. The van der Waals surface area contributed by atoms with Crippen molar-refractivity contribution >= 4 is 5.69 Å². The van der Waals surface area contributed by atoms with Crippen molar-refractivity contribution in [1.29, 1.82) is 0 Å². The second-order valence-electron chi connectivity index (χ2n) is 4.00. The SMILES string of the molecule is NCCOc1cccc(CNc2ccccc2)c1. The minimum absolute atomic E-state index is 0.534. The summed E-state index contributed by atoms with van der Waals surface area (Å²) in [5.41, 5.74) is 7.72. The van der Waals surface area contributed by atoms with E-state index < -0.39 is 0 Å². The predicted molar refractivity (Wildman–Crippen MR) is 74.8 cm³/mol. The molecule has 0 amide bonds. The highest BCUT2D eigenvalue weighted by Gasteiger charge is 1.97. The first-order valence-electron chi connectivity index (χ1n) is 6.09. The molecule has 0 aliphatic heterocycles. The zero-order chi connectivity index (χ0) is 12.6. The lowest BCUT2D eigenvalue weighted by atomic mass is 10.2. The number of nitrogens with two attached hydrogens (primary N) is 1. The zero-order valence-electron chi connectivity index (χ0n) is 10.3. The van der Waals surface area contributed by atoms with Crippen LogP contribution in [-0.2, 0) is 6.54 Å². The van der Waals surface area contributed by atoms with Gasteiger partial charge in [0.2, 0.25) is 0 Å². The fourth-order valence-electron chi connectivity index (χ4n) is 1.68. The summed E-state index contributed by atoms with van der Waals surface area (Å²) < 4.78 is 5.50. The number of para-hydroxylation sites is 1. The molecule has 0 radical (unpaired) electrons. The molecule has 0 spiro atoms. The summed E-state index contributed by atoms with van der Waals surface area (Å²) in [5, 5.41) is 3.36. The Balaban J connectivity index is 1.93. The molecule has 0 heterocycles. The van der Waals surface area contributed by atoms with Crippen molar-refractivity contribution in [3.63, 3.8) is 0 Å². The molecule has 18 heavy (non-hydrogen) atoms. The maximum Gasteiger partial charge on any atom is 0.119 e. The Labute approximate surface area is 108 Å². The van der Waals surface area contributed by atoms with Gasteiger partial charge in [0.15, 0.2) is 0 Å². The molecule has 0 aliphatic carbocycles. The van der Waals surface area contributed by atoms with E-state index >= 15 is 0 Å². The Hall–Kier alpha value is -2.00. The molecule has 0 atom stereocenters. The highest BCUT2D eigenvalue weighted by molar-refractivity contribution is 5.43. The summed E-state index contributed by atoms with van der Waals surface area (Å²) in [6, 6.07) is 18.2. The highest BCUT2D eigenvalue weighted by Crippen LogP contribution is 2.15. The summed E-state index contributed by atoms with van der Waals surface area (Å²) in [6.45, 7) is 1.87. The summed E-state index contributed by atoms with van der Waals surface area (Å²) >= 11 is 0. The molecule has 0 saturated heterocycles. The Bertz CT molecular complexity index is 471. The van der Waals surface area contributed by atoms with Gasteiger partial charge < -0.3 is 15.8 Å². The van der Waals surface area contributed by atoms with Crippen molar-refractivity contribution in [2.75, 3.05) is 18.5 Å². The Morgan fingerprint density at radius 2 is 1.83 bits per heavy atom. The second-order valence-corrected chi connectivity index (χ2v) is 4.00. The first kappa shape index (κ1) is 12.5. The van der Waals surface area contributed by atoms with Crippen molar-refractivity contribution < 1.29 is 4.74 Å². The minimum atomic E-state index is 0.534. The smallest absolute Gasteiger partial charge is 0.119 e. The minimum Gasteiger partial charge on any atom is -0.492 e. The number of anilines is 1. The van der Waals surface area contributed by atoms with Crippen molar-refractivity contribution in [1.82, 2.24) is 0 Å². The van der Waals surface area contributed by atoms with Crippen molar-refractivity contribution in [2.24, 2.45) is 5.73 Å². The van der Waals surface area contributed by atoms with Gasteiger partial charge >= 0.3 is 0 Å². The van der Waals surface area contributed by atoms with Crippen LogP contribution in [0.5, 0.6) is 5.75 Å². The lowest BCUT2D eigenvalue weighted by molar-refractivity contribution is 0.328. The van der Waals surface area contributed by atoms with Gasteiger partial charge in [-0.2, -0.15) is 0 Å². The van der Waals surface area contributed by atoms with E-state index in [0.29, 0.717) is 13.2 Å². The van der Waals surface area contributed by atoms with Gasteiger partial charge in [-0.15, -0.1) is 0 Å². The van der Waals surface area contributed by atoms with Crippen LogP contribution in [0.1, 0.15) is 5.56 Å². The molecule has 3 heteroatoms. The maximum atomic E-state index is 5.50. The van der Waals surface area contributed by atoms with Gasteiger partial charge in [0.1, 0.15) is 12.4 Å². The van der Waals surface area contributed by atoms with Crippen LogP contribution in [-0.4, -0.2) is 13.2 Å². The summed E-state index contributed by atoms with van der Waals surface area (Å²) in [6.07, 6.45) is 0. The molecular formula is C15H18N2O. The largest absolute Gasteiger partial charge is 0.492 e. The fourth-order valence-corrected chi connectivity index (χ4v) is 1.68. The maximum absolute atomic E-state index is 5.50. The van der Waals surface area contributed by atoms with Crippen molar-refractivity contribution in [3.8, 4) is 5.75 Å². The van der Waals surface area contributed by atoms with Gasteiger partial charge in [-0.1, -0.05) is 30.3 Å². The van der Waals surface area contributed by atoms with Crippen LogP contribution in [0.15, 0.2) is 54.6 Å². The summed E-state index contributed by atoms with van der Waals surface area (Å²) in [5.74, 6) is 0.868. The van der Waals surface area contributed by atoms with E-state index in [9.17, 15) is 0 Å². The van der Waals surface area contributed by atoms with Crippen LogP contribution in [0.4, 0.5) is 5.69 Å². The van der Waals surface area contributed by atoms with Crippen LogP contribution in [0.3, 0.4) is 0 Å². The first-order chi connectivity index (χ1) is 8.88. The van der Waals surface area contributed by atoms with E-state index in [1.54, 1.807) is 0 Å². The van der Waals surface area contributed by atoms with Gasteiger partial charge in [-0.05, 0) is 29.8 Å². The molecule has 0 aliphatic rings. The number of hydrogen-bond acceptors (Lipinski definition) is 3. The first-order valence-corrected chi connectivity index (χ1v) is 6.09. The van der Waals surface area contributed by atoms with Crippen molar-refractivity contribution in [2.45, 2.75) is 6.54 Å². The highest BCUT2D eigenvalue weighted by atomic mass is 16.5. The molecule has 3 nitrogen and oxygen atoms in total. The number of benzene rings is 2. The number of hydrogen-bond donors (Lipinski definition) is 2. The lowest BCUT2D eigenvalue weighted by Gasteiger charge is -2.09. The van der Waals surface area contributed by atoms with E-state index in [4.69, 9.17) is 10.5 Å². The monoisotopic (exact) mass is 242 g/mol. The van der Waals surface area contributed by atoms with E-state index in [1.807, 2.05) is 36.4 Å². The third kappa shape index (κ3) is 3.79. The number of rotatable bonds is 6. The van der Waals surface area contributed by atoms with E-state index in [2.05, 4.69) is 23.5 Å². The molecule has 2 rings (SSSR count). The summed E-state index contributed by atoms with van der Waals surface area (Å²) in [4.78, 5) is 0. The molecular weight excluding hydrogens is 224 g/mol. The van der Waals surface area contributed by atoms with Crippen molar-refractivity contribution in [3.05, 3.63) is 60.2 Å². The average molecular weight is 242 g/mol. The Morgan fingerprint density at radius 3 is 2.61 bits per heavy atom. The Kier molecular flexibility index (Phi) is 4.61. The molecule has 0 fully saturated rings. The van der Waals surface area contributed by atoms with Crippen LogP contribution in [0, 0.1) is 0 Å². The quantitative estimate of drug-likeness (QED) is 0.818.